The van der Waals surface area contributed by atoms with Gasteiger partial charge in [-0.1, -0.05) is 25.3 Å². The summed E-state index contributed by atoms with van der Waals surface area (Å²) in [5.41, 5.74) is 0.639. The number of ether oxygens (including phenoxy) is 4. The lowest BCUT2D eigenvalue weighted by atomic mass is 10.0. The molecule has 0 radical (unpaired) electrons. The molecule has 0 aromatic heterocycles. The number of esters is 2. The minimum absolute atomic E-state index is 0.00407. The van der Waals surface area contributed by atoms with Crippen LogP contribution in [0.1, 0.15) is 6.92 Å². The fourth-order valence-corrected chi connectivity index (χ4v) is 2.10. The summed E-state index contributed by atoms with van der Waals surface area (Å²) in [6.45, 7) is 8.15. The van der Waals surface area contributed by atoms with Gasteiger partial charge in [0.25, 0.3) is 0 Å². The zero-order chi connectivity index (χ0) is 22.8. The number of hydrogen-bond acceptors (Lipinski definition) is 6. The first-order chi connectivity index (χ1) is 14.8. The smallest absolute Gasteiger partial charge is 0.338 e. The Hall–Kier alpha value is -4.20. The molecule has 8 heteroatoms. The number of halogens is 2. The highest BCUT2D eigenvalue weighted by Crippen LogP contribution is 2.31. The Labute approximate surface area is 177 Å². The number of benzene rings is 2. The molecule has 2 aromatic rings. The van der Waals surface area contributed by atoms with Crippen molar-refractivity contribution in [2.75, 3.05) is 0 Å². The minimum atomic E-state index is -1.21. The van der Waals surface area contributed by atoms with Crippen LogP contribution in [-0.4, -0.2) is 11.9 Å². The number of carbonyl (C=O) groups excluding carboxylic acids is 2. The van der Waals surface area contributed by atoms with Crippen LogP contribution in [0.25, 0.3) is 11.1 Å². The SMILES string of the molecule is C=CC(=O)OC=COc1ccc(-c2ccc(OC=COC(=O)C(=C)C)cc2)c(F)c1F. The molecular formula is C23H18F2O6. The molecule has 2 aromatic carbocycles. The van der Waals surface area contributed by atoms with E-state index in [4.69, 9.17) is 14.2 Å². The average Bonchev–Trinajstić information content (AvgIpc) is 2.77. The van der Waals surface area contributed by atoms with Crippen LogP contribution in [0.5, 0.6) is 11.5 Å². The summed E-state index contributed by atoms with van der Waals surface area (Å²) in [7, 11) is 0. The maximum Gasteiger partial charge on any atom is 0.338 e. The van der Waals surface area contributed by atoms with Crippen LogP contribution in [0.15, 0.2) is 86.3 Å². The molecular weight excluding hydrogens is 410 g/mol. The topological polar surface area (TPSA) is 71.1 Å². The highest BCUT2D eigenvalue weighted by Gasteiger charge is 2.15. The molecule has 0 amide bonds. The van der Waals surface area contributed by atoms with E-state index in [1.165, 1.54) is 43.3 Å². The molecule has 6 nitrogen and oxygen atoms in total. The van der Waals surface area contributed by atoms with Crippen LogP contribution < -0.4 is 9.47 Å². The van der Waals surface area contributed by atoms with E-state index in [-0.39, 0.29) is 16.9 Å². The zero-order valence-electron chi connectivity index (χ0n) is 16.5. The van der Waals surface area contributed by atoms with Crippen molar-refractivity contribution in [3.63, 3.8) is 0 Å². The second-order valence-electron chi connectivity index (χ2n) is 5.87. The molecule has 0 aliphatic heterocycles. The average molecular weight is 428 g/mol. The fourth-order valence-electron chi connectivity index (χ4n) is 2.10. The van der Waals surface area contributed by atoms with Gasteiger partial charge < -0.3 is 18.9 Å². The molecule has 0 saturated carbocycles. The third-order valence-corrected chi connectivity index (χ3v) is 3.60. The Kier molecular flexibility index (Phi) is 8.27. The highest BCUT2D eigenvalue weighted by atomic mass is 19.2. The van der Waals surface area contributed by atoms with E-state index in [0.29, 0.717) is 11.3 Å². The normalized spacial score (nSPS) is 10.7. The molecule has 2 rings (SSSR count). The van der Waals surface area contributed by atoms with Crippen LogP contribution in [-0.2, 0) is 19.1 Å². The van der Waals surface area contributed by atoms with Crippen LogP contribution in [0, 0.1) is 11.6 Å². The predicted octanol–water partition coefficient (Wildman–Crippen LogP) is 5.18. The van der Waals surface area contributed by atoms with Crippen molar-refractivity contribution in [3.05, 3.63) is 97.9 Å². The van der Waals surface area contributed by atoms with Gasteiger partial charge in [-0.25, -0.2) is 14.0 Å². The second-order valence-corrected chi connectivity index (χ2v) is 5.87. The lowest BCUT2D eigenvalue weighted by Crippen LogP contribution is -1.99. The molecule has 0 heterocycles. The van der Waals surface area contributed by atoms with E-state index in [2.05, 4.69) is 17.9 Å². The van der Waals surface area contributed by atoms with Gasteiger partial charge in [0.05, 0.1) is 0 Å². The van der Waals surface area contributed by atoms with E-state index in [0.717, 1.165) is 31.1 Å². The Morgan fingerprint density at radius 2 is 1.52 bits per heavy atom. The van der Waals surface area contributed by atoms with Gasteiger partial charge in [-0.05, 0) is 36.8 Å². The van der Waals surface area contributed by atoms with E-state index in [1.807, 2.05) is 0 Å². The summed E-state index contributed by atoms with van der Waals surface area (Å²) >= 11 is 0. The molecule has 160 valence electrons. The number of carbonyl (C=O) groups is 2. The van der Waals surface area contributed by atoms with Crippen molar-refractivity contribution in [2.45, 2.75) is 6.92 Å². The maximum absolute atomic E-state index is 14.5. The fraction of sp³-hybridized carbons (Fsp3) is 0.0435. The van der Waals surface area contributed by atoms with Gasteiger partial charge in [0.1, 0.15) is 30.8 Å². The summed E-state index contributed by atoms with van der Waals surface area (Å²) in [5.74, 6) is -3.65. The predicted molar refractivity (Wildman–Crippen MR) is 109 cm³/mol. The van der Waals surface area contributed by atoms with Gasteiger partial charge in [0.2, 0.25) is 5.82 Å². The molecule has 0 spiro atoms. The van der Waals surface area contributed by atoms with Crippen molar-refractivity contribution in [2.24, 2.45) is 0 Å². The molecule has 0 aliphatic rings. The number of rotatable bonds is 9. The Balaban J connectivity index is 2.04. The monoisotopic (exact) mass is 428 g/mol. The Bertz CT molecular complexity index is 1040. The van der Waals surface area contributed by atoms with Gasteiger partial charge in [-0.2, -0.15) is 4.39 Å². The lowest BCUT2D eigenvalue weighted by molar-refractivity contribution is -0.134. The van der Waals surface area contributed by atoms with Gasteiger partial charge >= 0.3 is 11.9 Å². The first-order valence-electron chi connectivity index (χ1n) is 8.74. The molecule has 0 saturated heterocycles. The Morgan fingerprint density at radius 1 is 0.871 bits per heavy atom. The molecule has 0 unspecified atom stereocenters. The van der Waals surface area contributed by atoms with Gasteiger partial charge in [-0.15, -0.1) is 0 Å². The van der Waals surface area contributed by atoms with Crippen LogP contribution in [0.2, 0.25) is 0 Å². The maximum atomic E-state index is 14.5. The molecule has 31 heavy (non-hydrogen) atoms. The minimum Gasteiger partial charge on any atom is -0.462 e. The Morgan fingerprint density at radius 3 is 2.16 bits per heavy atom. The van der Waals surface area contributed by atoms with Crippen molar-refractivity contribution < 1.29 is 37.3 Å². The van der Waals surface area contributed by atoms with Crippen molar-refractivity contribution in [1.82, 2.24) is 0 Å². The van der Waals surface area contributed by atoms with Crippen LogP contribution in [0.3, 0.4) is 0 Å². The summed E-state index contributed by atoms with van der Waals surface area (Å²) in [5, 5.41) is 0. The summed E-state index contributed by atoms with van der Waals surface area (Å²) in [6, 6.07) is 8.67. The van der Waals surface area contributed by atoms with E-state index in [9.17, 15) is 18.4 Å². The molecule has 0 fully saturated rings. The summed E-state index contributed by atoms with van der Waals surface area (Å²) in [6.07, 6.45) is 4.92. The molecule has 0 bridgehead atoms. The van der Waals surface area contributed by atoms with Gasteiger partial charge in [0, 0.05) is 17.2 Å². The molecule has 0 atom stereocenters. The quantitative estimate of drug-likeness (QED) is 0.311. The molecule has 0 aliphatic carbocycles. The van der Waals surface area contributed by atoms with E-state index >= 15 is 0 Å². The summed E-state index contributed by atoms with van der Waals surface area (Å²) in [4.78, 5) is 22.1. The van der Waals surface area contributed by atoms with E-state index in [1.54, 1.807) is 0 Å². The van der Waals surface area contributed by atoms with Crippen LogP contribution in [0.4, 0.5) is 8.78 Å². The van der Waals surface area contributed by atoms with E-state index < -0.39 is 23.6 Å². The van der Waals surface area contributed by atoms with Gasteiger partial charge in [-0.3, -0.25) is 0 Å². The first kappa shape index (κ1) is 23.1. The molecule has 0 N–H and O–H groups in total. The highest BCUT2D eigenvalue weighted by molar-refractivity contribution is 5.87. The van der Waals surface area contributed by atoms with Crippen molar-refractivity contribution >= 4 is 11.9 Å². The zero-order valence-corrected chi connectivity index (χ0v) is 16.5. The lowest BCUT2D eigenvalue weighted by Gasteiger charge is -2.09. The van der Waals surface area contributed by atoms with Crippen molar-refractivity contribution in [1.29, 1.82) is 0 Å². The standard InChI is InChI=1S/C23H18F2O6/c1-4-20(26)30-13-12-29-19-10-9-18(21(24)22(19)25)16-5-7-17(8-6-16)28-11-14-31-23(27)15(2)3/h4-14H,1-2H2,3H3. The largest absolute Gasteiger partial charge is 0.462 e. The van der Waals surface area contributed by atoms with Crippen molar-refractivity contribution in [3.8, 4) is 22.6 Å². The third-order valence-electron chi connectivity index (χ3n) is 3.60. The summed E-state index contributed by atoms with van der Waals surface area (Å²) < 4.78 is 48.2. The third kappa shape index (κ3) is 6.67. The van der Waals surface area contributed by atoms with Crippen LogP contribution >= 0.6 is 0 Å². The second kappa shape index (κ2) is 11.1. The first-order valence-corrected chi connectivity index (χ1v) is 8.74. The number of hydrogen-bond donors (Lipinski definition) is 0. The van der Waals surface area contributed by atoms with Gasteiger partial charge in [0.15, 0.2) is 11.6 Å².